The van der Waals surface area contributed by atoms with Gasteiger partial charge in [-0.2, -0.15) is 0 Å². The van der Waals surface area contributed by atoms with E-state index in [-0.39, 0.29) is 6.04 Å². The van der Waals surface area contributed by atoms with Crippen molar-refractivity contribution in [3.8, 4) is 0 Å². The fourth-order valence-corrected chi connectivity index (χ4v) is 4.65. The van der Waals surface area contributed by atoms with Gasteiger partial charge in [0.05, 0.1) is 11.6 Å². The summed E-state index contributed by atoms with van der Waals surface area (Å²) in [6.07, 6.45) is 8.87. The Labute approximate surface area is 190 Å². The average Bonchev–Trinajstić information content (AvgIpc) is 2.78. The number of fused-ring (bicyclic) bond motifs is 1. The van der Waals surface area contributed by atoms with Gasteiger partial charge in [-0.15, -0.1) is 0 Å². The van der Waals surface area contributed by atoms with Crippen LogP contribution < -0.4 is 5.32 Å². The summed E-state index contributed by atoms with van der Waals surface area (Å²) in [5.74, 6) is 0. The molecule has 1 saturated heterocycles. The van der Waals surface area contributed by atoms with Crippen molar-refractivity contribution in [2.75, 3.05) is 6.54 Å². The molecule has 2 atom stereocenters. The van der Waals surface area contributed by atoms with Crippen molar-refractivity contribution < 1.29 is 5.11 Å². The molecule has 0 spiro atoms. The number of benzene rings is 2. The van der Waals surface area contributed by atoms with Crippen LogP contribution in [0.2, 0.25) is 5.02 Å². The number of hydrogen-bond acceptors (Lipinski definition) is 3. The van der Waals surface area contributed by atoms with Gasteiger partial charge in [0.25, 0.3) is 0 Å². The van der Waals surface area contributed by atoms with Gasteiger partial charge in [-0.1, -0.05) is 53.9 Å². The molecule has 0 saturated carbocycles. The minimum Gasteiger partial charge on any atom is -0.387 e. The number of nitrogens with zero attached hydrogens (tertiary/aromatic N) is 1. The van der Waals surface area contributed by atoms with Crippen molar-refractivity contribution >= 4 is 28.6 Å². The lowest BCUT2D eigenvalue weighted by Crippen LogP contribution is -2.38. The Hall–Kier alpha value is -2.20. The molecule has 2 unspecified atom stereocenters. The summed E-state index contributed by atoms with van der Waals surface area (Å²) in [5.41, 5.74) is 6.56. The maximum absolute atomic E-state index is 11.3. The average molecular weight is 435 g/mol. The molecule has 1 fully saturated rings. The lowest BCUT2D eigenvalue weighted by atomic mass is 9.91. The van der Waals surface area contributed by atoms with Crippen LogP contribution in [0.4, 0.5) is 0 Å². The smallest absolute Gasteiger partial charge is 0.0950 e. The van der Waals surface area contributed by atoms with Gasteiger partial charge in [-0.3, -0.25) is 4.98 Å². The summed E-state index contributed by atoms with van der Waals surface area (Å²) in [6.45, 7) is 5.20. The van der Waals surface area contributed by atoms with Crippen molar-refractivity contribution in [1.29, 1.82) is 0 Å². The minimum atomic E-state index is -0.518. The van der Waals surface area contributed by atoms with E-state index >= 15 is 0 Å². The predicted molar refractivity (Wildman–Crippen MR) is 131 cm³/mol. The summed E-state index contributed by atoms with van der Waals surface area (Å²) in [5, 5.41) is 16.6. The maximum atomic E-state index is 11.3. The first-order valence-electron chi connectivity index (χ1n) is 11.3. The molecule has 0 amide bonds. The van der Waals surface area contributed by atoms with Crippen LogP contribution >= 0.6 is 11.6 Å². The first-order chi connectivity index (χ1) is 15.0. The predicted octanol–water partition coefficient (Wildman–Crippen LogP) is 6.33. The van der Waals surface area contributed by atoms with E-state index in [1.165, 1.54) is 17.5 Å². The highest BCUT2D eigenvalue weighted by Gasteiger charge is 2.25. The van der Waals surface area contributed by atoms with Gasteiger partial charge < -0.3 is 10.4 Å². The number of aromatic nitrogens is 1. The van der Waals surface area contributed by atoms with E-state index < -0.39 is 6.10 Å². The first-order valence-corrected chi connectivity index (χ1v) is 11.6. The molecule has 0 aliphatic carbocycles. The highest BCUT2D eigenvalue weighted by atomic mass is 35.5. The molecule has 1 aliphatic rings. The molecule has 2 aromatic carbocycles. The van der Waals surface area contributed by atoms with Crippen LogP contribution in [0.15, 0.2) is 48.5 Å². The van der Waals surface area contributed by atoms with Gasteiger partial charge in [-0.05, 0) is 87.0 Å². The number of rotatable bonds is 6. The van der Waals surface area contributed by atoms with Crippen molar-refractivity contribution in [2.45, 2.75) is 58.1 Å². The molecule has 0 bridgehead atoms. The topological polar surface area (TPSA) is 45.2 Å². The third-order valence-corrected chi connectivity index (χ3v) is 6.38. The number of piperidine rings is 1. The summed E-state index contributed by atoms with van der Waals surface area (Å²) < 4.78 is 0. The second-order valence-electron chi connectivity index (χ2n) is 8.67. The summed E-state index contributed by atoms with van der Waals surface area (Å²) in [6, 6.07) is 14.4. The molecule has 4 heteroatoms. The lowest BCUT2D eigenvalue weighted by Gasteiger charge is -2.29. The van der Waals surface area contributed by atoms with E-state index in [1.54, 1.807) is 0 Å². The van der Waals surface area contributed by atoms with Gasteiger partial charge >= 0.3 is 0 Å². The van der Waals surface area contributed by atoms with Crippen LogP contribution in [-0.2, 0) is 6.42 Å². The van der Waals surface area contributed by atoms with Crippen molar-refractivity contribution in [1.82, 2.24) is 10.3 Å². The fraction of sp³-hybridized carbons (Fsp3) is 0.370. The number of hydrogen-bond donors (Lipinski definition) is 2. The molecular weight excluding hydrogens is 404 g/mol. The SMILES string of the molecule is Cc1cc(C)c2nc(CC/C=C/c3ccc(Cl)cc3)cc(C(O)C3CCCCN3)c2c1. The number of halogens is 1. The molecule has 3 aromatic rings. The minimum absolute atomic E-state index is 0.109. The third-order valence-electron chi connectivity index (χ3n) is 6.13. The van der Waals surface area contributed by atoms with Crippen LogP contribution in [-0.4, -0.2) is 22.7 Å². The number of nitrogens with one attached hydrogen (secondary N) is 1. The lowest BCUT2D eigenvalue weighted by molar-refractivity contribution is 0.115. The van der Waals surface area contributed by atoms with E-state index in [9.17, 15) is 5.11 Å². The second kappa shape index (κ2) is 9.95. The zero-order valence-corrected chi connectivity index (χ0v) is 19.1. The number of pyridine rings is 1. The Kier molecular flexibility index (Phi) is 7.06. The Morgan fingerprint density at radius 3 is 2.71 bits per heavy atom. The van der Waals surface area contributed by atoms with Crippen molar-refractivity contribution in [2.24, 2.45) is 0 Å². The number of aliphatic hydroxyl groups is 1. The highest BCUT2D eigenvalue weighted by molar-refractivity contribution is 6.30. The monoisotopic (exact) mass is 434 g/mol. The zero-order valence-electron chi connectivity index (χ0n) is 18.4. The molecule has 2 N–H and O–H groups in total. The van der Waals surface area contributed by atoms with Gasteiger partial charge in [0.1, 0.15) is 0 Å². The highest BCUT2D eigenvalue weighted by Crippen LogP contribution is 2.31. The van der Waals surface area contributed by atoms with E-state index in [0.29, 0.717) is 0 Å². The molecule has 4 rings (SSSR count). The molecule has 2 heterocycles. The van der Waals surface area contributed by atoms with Crippen LogP contribution in [0.25, 0.3) is 17.0 Å². The number of aliphatic hydroxyl groups excluding tert-OH is 1. The summed E-state index contributed by atoms with van der Waals surface area (Å²) in [7, 11) is 0. The zero-order chi connectivity index (χ0) is 21.8. The second-order valence-corrected chi connectivity index (χ2v) is 9.11. The Morgan fingerprint density at radius 2 is 1.97 bits per heavy atom. The van der Waals surface area contributed by atoms with Gasteiger partial charge in [0.2, 0.25) is 0 Å². The van der Waals surface area contributed by atoms with E-state index in [4.69, 9.17) is 16.6 Å². The van der Waals surface area contributed by atoms with Crippen molar-refractivity contribution in [3.05, 3.63) is 81.5 Å². The van der Waals surface area contributed by atoms with E-state index in [1.807, 2.05) is 24.3 Å². The largest absolute Gasteiger partial charge is 0.387 e. The van der Waals surface area contributed by atoms with Crippen LogP contribution in [0.5, 0.6) is 0 Å². The maximum Gasteiger partial charge on any atom is 0.0950 e. The van der Waals surface area contributed by atoms with Crippen LogP contribution in [0.3, 0.4) is 0 Å². The molecule has 31 heavy (non-hydrogen) atoms. The molecule has 3 nitrogen and oxygen atoms in total. The number of aryl methyl sites for hydroxylation is 3. The van der Waals surface area contributed by atoms with E-state index in [0.717, 1.165) is 65.0 Å². The van der Waals surface area contributed by atoms with E-state index in [2.05, 4.69) is 49.5 Å². The van der Waals surface area contributed by atoms with Crippen molar-refractivity contribution in [3.63, 3.8) is 0 Å². The van der Waals surface area contributed by atoms with Gasteiger partial charge in [0.15, 0.2) is 0 Å². The quantitative estimate of drug-likeness (QED) is 0.476. The Bertz CT molecular complexity index is 1070. The first kappa shape index (κ1) is 22.0. The van der Waals surface area contributed by atoms with Crippen LogP contribution in [0, 0.1) is 13.8 Å². The standard InChI is InChI=1S/C27H31ClN2O/c1-18-15-19(2)26-23(16-18)24(27(31)25-9-5-6-14-29-25)17-22(30-26)8-4-3-7-20-10-12-21(28)13-11-20/h3,7,10-13,15-17,25,27,29,31H,4-6,8-9,14H2,1-2H3/b7-3+. The fourth-order valence-electron chi connectivity index (χ4n) is 4.52. The molecular formula is C27H31ClN2O. The van der Waals surface area contributed by atoms with Crippen LogP contribution in [0.1, 0.15) is 59.7 Å². The molecule has 0 radical (unpaired) electrons. The molecule has 162 valence electrons. The van der Waals surface area contributed by atoms with Gasteiger partial charge in [0, 0.05) is 22.1 Å². The number of allylic oxidation sites excluding steroid dienone is 1. The summed E-state index contributed by atoms with van der Waals surface area (Å²) in [4.78, 5) is 4.98. The summed E-state index contributed by atoms with van der Waals surface area (Å²) >= 11 is 5.96. The normalized spacial score (nSPS) is 18.0. The Balaban J connectivity index is 1.60. The Morgan fingerprint density at radius 1 is 1.16 bits per heavy atom. The molecule has 1 aliphatic heterocycles. The third kappa shape index (κ3) is 5.35. The van der Waals surface area contributed by atoms with Gasteiger partial charge in [-0.25, -0.2) is 0 Å². The molecule has 1 aromatic heterocycles.